The molecule has 1 aliphatic carbocycles. The summed E-state index contributed by atoms with van der Waals surface area (Å²) >= 11 is 0. The first kappa shape index (κ1) is 63.0. The van der Waals surface area contributed by atoms with Crippen molar-refractivity contribution in [3.05, 3.63) is 125 Å². The Morgan fingerprint density at radius 2 is 1.40 bits per heavy atom. The number of hydrogen-bond acceptors (Lipinski definition) is 21. The van der Waals surface area contributed by atoms with Crippen LogP contribution in [0.2, 0.25) is 0 Å². The minimum Gasteiger partial charge on any atom is -0.496 e. The Labute approximate surface area is 508 Å². The molecular formula is C63H73N9O16. The van der Waals surface area contributed by atoms with Gasteiger partial charge in [0.25, 0.3) is 0 Å². The van der Waals surface area contributed by atoms with E-state index >= 15 is 0 Å². The molecule has 0 radical (unpaired) electrons. The van der Waals surface area contributed by atoms with Gasteiger partial charge in [-0.1, -0.05) is 86.5 Å². The van der Waals surface area contributed by atoms with Crippen molar-refractivity contribution in [3.8, 4) is 22.6 Å². The standard InChI is InChI=1S/C63H73N9O16/c1-7-8-13-24-65-58-53-48(68-61(64)69-58)23-26-72(53)34-42-20-18-40(32-51(42)80-5)33-70-27-29-71(30-28-70)63(79)83-35-41-19-21-50(87-60-57(86-39(4)75)55(85-38(3)74)54(84-37(2)73)56(88-60)59(77)81-6)49(31-41)67-52(76)22-25-66-62(78)82-36-47-45-16-11-9-14-43(45)44-15-10-12-17-46(44)47/h9-12,14-21,23,26,31-32,47,54-57,60H,7-8,13,22,24-25,27-30,33-36H2,1-6H3,(H,66,78)(H,67,76)(H3,64,65,68,69)/t54-,55-,56-,57+,60?/m1/s1. The van der Waals surface area contributed by atoms with Crippen LogP contribution in [-0.4, -0.2) is 157 Å². The molecule has 0 saturated carbocycles. The number of rotatable bonds is 24. The van der Waals surface area contributed by atoms with E-state index in [2.05, 4.69) is 54.4 Å². The van der Waals surface area contributed by atoms with Crippen LogP contribution in [0.5, 0.6) is 11.5 Å². The van der Waals surface area contributed by atoms with Gasteiger partial charge in [-0.05, 0) is 64.1 Å². The normalized spacial score (nSPS) is 18.0. The molecule has 4 aromatic carbocycles. The lowest BCUT2D eigenvalue weighted by atomic mass is 9.97. The summed E-state index contributed by atoms with van der Waals surface area (Å²) in [5.74, 6) is -3.02. The van der Waals surface area contributed by atoms with Crippen molar-refractivity contribution in [1.82, 2.24) is 29.7 Å². The highest BCUT2D eigenvalue weighted by Crippen LogP contribution is 2.45. The number of nitrogens with two attached hydrogens (primary N) is 1. The maximum absolute atomic E-state index is 13.8. The van der Waals surface area contributed by atoms with Gasteiger partial charge in [0.1, 0.15) is 30.2 Å². The van der Waals surface area contributed by atoms with Crippen molar-refractivity contribution >= 4 is 70.5 Å². The fourth-order valence-corrected chi connectivity index (χ4v) is 11.1. The van der Waals surface area contributed by atoms with Crippen molar-refractivity contribution in [2.45, 2.75) is 110 Å². The minimum absolute atomic E-state index is 0.0121. The molecule has 4 heterocycles. The Kier molecular flexibility index (Phi) is 21.0. The molecule has 25 heteroatoms. The van der Waals surface area contributed by atoms with E-state index in [1.165, 1.54) is 18.2 Å². The largest absolute Gasteiger partial charge is 0.496 e. The number of piperazine rings is 1. The molecule has 9 rings (SSSR count). The van der Waals surface area contributed by atoms with Gasteiger partial charge >= 0.3 is 36.1 Å². The molecule has 88 heavy (non-hydrogen) atoms. The number of nitrogen functional groups attached to an aromatic ring is 1. The summed E-state index contributed by atoms with van der Waals surface area (Å²) in [5, 5.41) is 8.84. The topological polar surface area (TPSA) is 302 Å². The van der Waals surface area contributed by atoms with Crippen LogP contribution in [0, 0.1) is 0 Å². The van der Waals surface area contributed by atoms with E-state index in [-0.39, 0.29) is 49.5 Å². The third-order valence-electron chi connectivity index (χ3n) is 15.2. The maximum atomic E-state index is 13.8. The molecule has 6 aromatic rings. The molecule has 2 aromatic heterocycles. The van der Waals surface area contributed by atoms with Gasteiger partial charge in [0.15, 0.2) is 24.1 Å². The zero-order chi connectivity index (χ0) is 62.4. The van der Waals surface area contributed by atoms with Gasteiger partial charge < -0.3 is 73.8 Å². The van der Waals surface area contributed by atoms with Crippen LogP contribution in [0.4, 0.5) is 27.0 Å². The van der Waals surface area contributed by atoms with Crippen molar-refractivity contribution in [3.63, 3.8) is 0 Å². The number of nitrogens with zero attached hydrogens (tertiary/aromatic N) is 5. The number of hydrogen-bond donors (Lipinski definition) is 4. The number of carbonyl (C=O) groups excluding carboxylic acids is 7. The van der Waals surface area contributed by atoms with Crippen LogP contribution in [-0.2, 0) is 76.8 Å². The fraction of sp³-hybridized carbons (Fsp3) is 0.413. The lowest BCUT2D eigenvalue weighted by Crippen LogP contribution is -2.64. The predicted octanol–water partition coefficient (Wildman–Crippen LogP) is 7.07. The first-order chi connectivity index (χ1) is 42.5. The molecule has 25 nitrogen and oxygen atoms in total. The first-order valence-electron chi connectivity index (χ1n) is 29.1. The van der Waals surface area contributed by atoms with Gasteiger partial charge in [-0.3, -0.25) is 24.1 Å². The number of nitrogens with one attached hydrogen (secondary N) is 3. The SMILES string of the molecule is CCCCCNc1nc(N)nc2ccn(Cc3ccc(CN4CCN(C(=O)OCc5ccc(OC6O[C@@H](C(=O)OC)[C@H](OC(C)=O)[C@@H](OC(C)=O)[C@@H]6OC(C)=O)c(NC(=O)CCNC(=O)OCC6c7ccccc7-c7ccccc76)c5)CC4)cc3OC)c12. The van der Waals surface area contributed by atoms with E-state index in [1.807, 2.05) is 66.9 Å². The van der Waals surface area contributed by atoms with E-state index in [0.717, 1.165) is 104 Å². The number of amides is 3. The van der Waals surface area contributed by atoms with Crippen molar-refractivity contribution in [2.75, 3.05) is 76.5 Å². The highest BCUT2D eigenvalue weighted by Gasteiger charge is 2.56. The minimum atomic E-state index is -1.77. The molecule has 2 fully saturated rings. The summed E-state index contributed by atoms with van der Waals surface area (Å²) in [4.78, 5) is 104. The van der Waals surface area contributed by atoms with E-state index in [9.17, 15) is 33.6 Å². The number of ether oxygens (including phenoxy) is 9. The monoisotopic (exact) mass is 1210 g/mol. The summed E-state index contributed by atoms with van der Waals surface area (Å²) in [6.45, 7) is 8.72. The highest BCUT2D eigenvalue weighted by molar-refractivity contribution is 5.93. The van der Waals surface area contributed by atoms with Crippen molar-refractivity contribution in [1.29, 1.82) is 0 Å². The number of aromatic nitrogens is 3. The van der Waals surface area contributed by atoms with Crippen molar-refractivity contribution in [2.24, 2.45) is 0 Å². The number of unbranched alkanes of at least 4 members (excludes halogenated alkanes) is 2. The van der Waals surface area contributed by atoms with E-state index in [4.69, 9.17) is 48.4 Å². The number of alkyl carbamates (subject to hydrolysis) is 1. The van der Waals surface area contributed by atoms with Crippen LogP contribution in [0.3, 0.4) is 0 Å². The molecule has 2 aliphatic heterocycles. The lowest BCUT2D eigenvalue weighted by Gasteiger charge is -2.43. The quantitative estimate of drug-likeness (QED) is 0.0268. The average molecular weight is 1210 g/mol. The molecule has 0 spiro atoms. The molecule has 3 aliphatic rings. The molecule has 0 bridgehead atoms. The van der Waals surface area contributed by atoms with Gasteiger partial charge in [0, 0.05) is 90.7 Å². The summed E-state index contributed by atoms with van der Waals surface area (Å²) in [6.07, 6.45) is -4.94. The fourth-order valence-electron chi connectivity index (χ4n) is 11.1. The van der Waals surface area contributed by atoms with Crippen LogP contribution in [0.1, 0.15) is 87.1 Å². The van der Waals surface area contributed by atoms with E-state index in [0.29, 0.717) is 50.6 Å². The van der Waals surface area contributed by atoms with Gasteiger partial charge in [0.2, 0.25) is 24.2 Å². The number of benzene rings is 4. The van der Waals surface area contributed by atoms with Gasteiger partial charge in [-0.2, -0.15) is 4.98 Å². The average Bonchev–Trinajstić information content (AvgIpc) is 2.99. The molecule has 5 N–H and O–H groups in total. The number of esters is 4. The van der Waals surface area contributed by atoms with Gasteiger partial charge in [-0.25, -0.2) is 19.4 Å². The summed E-state index contributed by atoms with van der Waals surface area (Å²) in [7, 11) is 2.70. The van der Waals surface area contributed by atoms with Crippen LogP contribution < -0.4 is 31.2 Å². The number of carbonyl (C=O) groups is 7. The molecule has 3 amide bonds. The molecular weight excluding hydrogens is 1140 g/mol. The Hall–Kier alpha value is -9.49. The maximum Gasteiger partial charge on any atom is 0.410 e. The Morgan fingerprint density at radius 1 is 0.716 bits per heavy atom. The van der Waals surface area contributed by atoms with Crippen LogP contribution in [0.15, 0.2) is 97.2 Å². The number of methoxy groups -OCH3 is 2. The molecule has 2 saturated heterocycles. The second-order valence-electron chi connectivity index (χ2n) is 21.4. The first-order valence-corrected chi connectivity index (χ1v) is 29.1. The Balaban J connectivity index is 0.848. The lowest BCUT2D eigenvalue weighted by molar-refractivity contribution is -0.282. The third kappa shape index (κ3) is 15.5. The van der Waals surface area contributed by atoms with Gasteiger partial charge in [0.05, 0.1) is 32.0 Å². The summed E-state index contributed by atoms with van der Waals surface area (Å²) < 4.78 is 53.2. The number of fused-ring (bicyclic) bond motifs is 4. The second-order valence-corrected chi connectivity index (χ2v) is 21.4. The third-order valence-corrected chi connectivity index (χ3v) is 15.2. The number of anilines is 3. The summed E-state index contributed by atoms with van der Waals surface area (Å²) in [5.41, 5.74) is 14.3. The summed E-state index contributed by atoms with van der Waals surface area (Å²) in [6, 6.07) is 28.3. The molecule has 5 atom stereocenters. The Morgan fingerprint density at radius 3 is 2.08 bits per heavy atom. The zero-order valence-electron chi connectivity index (χ0n) is 49.9. The van der Waals surface area contributed by atoms with E-state index < -0.39 is 72.7 Å². The van der Waals surface area contributed by atoms with E-state index in [1.54, 1.807) is 12.0 Å². The molecule has 1 unspecified atom stereocenters. The predicted molar refractivity (Wildman–Crippen MR) is 320 cm³/mol. The van der Waals surface area contributed by atoms with Crippen LogP contribution in [0.25, 0.3) is 22.2 Å². The van der Waals surface area contributed by atoms with Crippen molar-refractivity contribution < 1.29 is 76.2 Å². The zero-order valence-corrected chi connectivity index (χ0v) is 49.9. The second kappa shape index (κ2) is 29.3. The smallest absolute Gasteiger partial charge is 0.410 e. The van der Waals surface area contributed by atoms with Gasteiger partial charge in [-0.15, -0.1) is 0 Å². The highest BCUT2D eigenvalue weighted by atomic mass is 16.7. The Bertz CT molecular complexity index is 3470. The van der Waals surface area contributed by atoms with Crippen LogP contribution >= 0.6 is 0 Å². The molecule has 466 valence electrons.